The van der Waals surface area contributed by atoms with Crippen LogP contribution >= 0.6 is 11.3 Å². The lowest BCUT2D eigenvalue weighted by atomic mass is 10.1. The van der Waals surface area contributed by atoms with Crippen molar-refractivity contribution in [2.45, 2.75) is 33.5 Å². The van der Waals surface area contributed by atoms with Crippen LogP contribution in [0.5, 0.6) is 0 Å². The highest BCUT2D eigenvalue weighted by Crippen LogP contribution is 2.32. The average Bonchev–Trinajstić information content (AvgIpc) is 3.03. The summed E-state index contributed by atoms with van der Waals surface area (Å²) in [5, 5.41) is 3.34. The van der Waals surface area contributed by atoms with Gasteiger partial charge in [0.2, 0.25) is 5.91 Å². The number of nitrogens with one attached hydrogen (secondary N) is 1. The molecule has 0 aliphatic rings. The number of anilines is 1. The SMILES string of the molecule is Cc1cc(C)c2c(n1)sc1c(=O)n(CC(=O)Nc3ccc(C(F)(F)F)cc3)c(C)nc12. The van der Waals surface area contributed by atoms with Crippen LogP contribution in [-0.2, 0) is 17.5 Å². The first-order valence-electron chi connectivity index (χ1n) is 9.29. The number of alkyl halides is 3. The van der Waals surface area contributed by atoms with Gasteiger partial charge in [0, 0.05) is 16.8 Å². The van der Waals surface area contributed by atoms with Gasteiger partial charge in [-0.25, -0.2) is 9.97 Å². The number of thiophene rings is 1. The van der Waals surface area contributed by atoms with Gasteiger partial charge in [-0.3, -0.25) is 14.2 Å². The van der Waals surface area contributed by atoms with Gasteiger partial charge in [-0.1, -0.05) is 0 Å². The molecule has 0 saturated carbocycles. The predicted molar refractivity (Wildman–Crippen MR) is 113 cm³/mol. The molecular formula is C21H17F3N4O2S. The summed E-state index contributed by atoms with van der Waals surface area (Å²) in [7, 11) is 0. The van der Waals surface area contributed by atoms with Crippen LogP contribution in [0.25, 0.3) is 20.4 Å². The predicted octanol–water partition coefficient (Wildman–Crippen LogP) is 4.59. The Kier molecular flexibility index (Phi) is 5.04. The Morgan fingerprint density at radius 1 is 1.13 bits per heavy atom. The Labute approximate surface area is 178 Å². The molecule has 0 atom stereocenters. The number of nitrogens with zero attached hydrogens (tertiary/aromatic N) is 3. The van der Waals surface area contributed by atoms with E-state index in [4.69, 9.17) is 0 Å². The number of carbonyl (C=O) groups is 1. The zero-order valence-corrected chi connectivity index (χ0v) is 17.6. The van der Waals surface area contributed by atoms with Crippen LogP contribution < -0.4 is 10.9 Å². The highest BCUT2D eigenvalue weighted by molar-refractivity contribution is 7.25. The maximum atomic E-state index is 13.1. The fourth-order valence-electron chi connectivity index (χ4n) is 3.44. The Hall–Kier alpha value is -3.27. The van der Waals surface area contributed by atoms with Crippen molar-refractivity contribution >= 4 is 43.4 Å². The summed E-state index contributed by atoms with van der Waals surface area (Å²) in [6.07, 6.45) is -4.45. The number of pyridine rings is 1. The first-order valence-corrected chi connectivity index (χ1v) is 10.1. The number of hydrogen-bond donors (Lipinski definition) is 1. The van der Waals surface area contributed by atoms with E-state index < -0.39 is 17.6 Å². The number of carbonyl (C=O) groups excluding carboxylic acids is 1. The molecule has 0 saturated heterocycles. The van der Waals surface area contributed by atoms with E-state index in [1.165, 1.54) is 28.0 Å². The van der Waals surface area contributed by atoms with Crippen molar-refractivity contribution in [1.82, 2.24) is 14.5 Å². The van der Waals surface area contributed by atoms with Gasteiger partial charge in [-0.05, 0) is 56.7 Å². The standard InChI is InChI=1S/C21H17F3N4O2S/c1-10-8-11(2)25-19-16(10)17-18(31-19)20(30)28(12(3)26-17)9-15(29)27-14-6-4-13(5-7-14)21(22,23)24/h4-8H,9H2,1-3H3,(H,27,29). The molecule has 3 aromatic heterocycles. The summed E-state index contributed by atoms with van der Waals surface area (Å²) >= 11 is 1.23. The van der Waals surface area contributed by atoms with E-state index >= 15 is 0 Å². The molecule has 31 heavy (non-hydrogen) atoms. The van der Waals surface area contributed by atoms with Crippen LogP contribution in [0.2, 0.25) is 0 Å². The van der Waals surface area contributed by atoms with E-state index in [1.807, 2.05) is 19.9 Å². The lowest BCUT2D eigenvalue weighted by Crippen LogP contribution is -2.29. The number of benzene rings is 1. The zero-order valence-electron chi connectivity index (χ0n) is 16.8. The number of aromatic nitrogens is 3. The molecule has 0 unspecified atom stereocenters. The monoisotopic (exact) mass is 446 g/mol. The van der Waals surface area contributed by atoms with Crippen molar-refractivity contribution in [3.63, 3.8) is 0 Å². The van der Waals surface area contributed by atoms with E-state index in [0.29, 0.717) is 20.9 Å². The maximum absolute atomic E-state index is 13.1. The molecule has 1 N–H and O–H groups in total. The highest BCUT2D eigenvalue weighted by Gasteiger charge is 2.30. The quantitative estimate of drug-likeness (QED) is 0.500. The van der Waals surface area contributed by atoms with Gasteiger partial charge in [0.05, 0.1) is 11.1 Å². The lowest BCUT2D eigenvalue weighted by Gasteiger charge is -2.11. The molecule has 160 valence electrons. The molecule has 3 heterocycles. The largest absolute Gasteiger partial charge is 0.416 e. The zero-order chi connectivity index (χ0) is 22.5. The van der Waals surface area contributed by atoms with Gasteiger partial charge in [0.15, 0.2) is 0 Å². The average molecular weight is 446 g/mol. The van der Waals surface area contributed by atoms with Gasteiger partial charge >= 0.3 is 6.18 Å². The second-order valence-electron chi connectivity index (χ2n) is 7.21. The molecule has 4 aromatic rings. The highest BCUT2D eigenvalue weighted by atomic mass is 32.1. The molecule has 0 bridgehead atoms. The number of halogens is 3. The minimum Gasteiger partial charge on any atom is -0.325 e. The summed E-state index contributed by atoms with van der Waals surface area (Å²) < 4.78 is 39.7. The molecule has 1 amide bonds. The number of hydrogen-bond acceptors (Lipinski definition) is 5. The van der Waals surface area contributed by atoms with Crippen molar-refractivity contribution in [1.29, 1.82) is 0 Å². The topological polar surface area (TPSA) is 76.9 Å². The molecule has 0 spiro atoms. The molecule has 10 heteroatoms. The molecule has 1 aromatic carbocycles. The third-order valence-corrected chi connectivity index (χ3v) is 5.92. The van der Waals surface area contributed by atoms with Gasteiger partial charge in [-0.15, -0.1) is 11.3 Å². The molecule has 4 rings (SSSR count). The van der Waals surface area contributed by atoms with E-state index in [1.54, 1.807) is 6.92 Å². The van der Waals surface area contributed by atoms with E-state index in [9.17, 15) is 22.8 Å². The minimum absolute atomic E-state index is 0.204. The van der Waals surface area contributed by atoms with Crippen molar-refractivity contribution in [3.8, 4) is 0 Å². The van der Waals surface area contributed by atoms with Crippen molar-refractivity contribution in [2.75, 3.05) is 5.32 Å². The molecule has 0 fully saturated rings. The Morgan fingerprint density at radius 2 is 1.81 bits per heavy atom. The van der Waals surface area contributed by atoms with Gasteiger partial charge in [0.1, 0.15) is 21.9 Å². The fourth-order valence-corrected chi connectivity index (χ4v) is 4.62. The molecule has 0 aliphatic carbocycles. The summed E-state index contributed by atoms with van der Waals surface area (Å²) in [6, 6.07) is 6.03. The van der Waals surface area contributed by atoms with Gasteiger partial charge < -0.3 is 5.32 Å². The fraction of sp³-hybridized carbons (Fsp3) is 0.238. The lowest BCUT2D eigenvalue weighted by molar-refractivity contribution is -0.137. The van der Waals surface area contributed by atoms with Crippen LogP contribution in [0, 0.1) is 20.8 Å². The Morgan fingerprint density at radius 3 is 2.45 bits per heavy atom. The Balaban J connectivity index is 1.65. The first kappa shape index (κ1) is 21.0. The second kappa shape index (κ2) is 7.45. The number of fused-ring (bicyclic) bond motifs is 3. The van der Waals surface area contributed by atoms with Crippen LogP contribution in [0.1, 0.15) is 22.6 Å². The second-order valence-corrected chi connectivity index (χ2v) is 8.21. The summed E-state index contributed by atoms with van der Waals surface area (Å²) in [5.74, 6) is -0.183. The summed E-state index contributed by atoms with van der Waals surface area (Å²) in [5.41, 5.74) is 1.41. The Bertz CT molecular complexity index is 1390. The van der Waals surface area contributed by atoms with E-state index in [2.05, 4.69) is 15.3 Å². The van der Waals surface area contributed by atoms with E-state index in [-0.39, 0.29) is 17.8 Å². The molecular weight excluding hydrogens is 429 g/mol. The number of rotatable bonds is 3. The molecule has 0 aliphatic heterocycles. The van der Waals surface area contributed by atoms with Crippen LogP contribution in [0.15, 0.2) is 35.1 Å². The third kappa shape index (κ3) is 3.90. The summed E-state index contributed by atoms with van der Waals surface area (Å²) in [4.78, 5) is 35.2. The number of amides is 1. The van der Waals surface area contributed by atoms with Gasteiger partial charge in [-0.2, -0.15) is 13.2 Å². The van der Waals surface area contributed by atoms with E-state index in [0.717, 1.165) is 28.8 Å². The molecule has 0 radical (unpaired) electrons. The van der Waals surface area contributed by atoms with Crippen LogP contribution in [-0.4, -0.2) is 20.4 Å². The smallest absolute Gasteiger partial charge is 0.325 e. The first-order chi connectivity index (χ1) is 14.5. The van der Waals surface area contributed by atoms with Crippen molar-refractivity contribution in [3.05, 3.63) is 63.3 Å². The maximum Gasteiger partial charge on any atom is 0.416 e. The van der Waals surface area contributed by atoms with Crippen molar-refractivity contribution in [2.24, 2.45) is 0 Å². The van der Waals surface area contributed by atoms with Crippen LogP contribution in [0.4, 0.5) is 18.9 Å². The number of aryl methyl sites for hydroxylation is 3. The molecule has 6 nitrogen and oxygen atoms in total. The minimum atomic E-state index is -4.45. The third-order valence-electron chi connectivity index (χ3n) is 4.86. The van der Waals surface area contributed by atoms with Crippen LogP contribution in [0.3, 0.4) is 0 Å². The van der Waals surface area contributed by atoms with Crippen molar-refractivity contribution < 1.29 is 18.0 Å². The normalized spacial score (nSPS) is 11.9. The van der Waals surface area contributed by atoms with Gasteiger partial charge in [0.25, 0.3) is 5.56 Å². The summed E-state index contributed by atoms with van der Waals surface area (Å²) in [6.45, 7) is 5.13.